The van der Waals surface area contributed by atoms with E-state index in [4.69, 9.17) is 4.74 Å². The normalized spacial score (nSPS) is 22.2. The van der Waals surface area contributed by atoms with Crippen LogP contribution in [0.4, 0.5) is 4.79 Å². The number of carbonyl (C=O) groups is 1. The molecule has 0 bridgehead atoms. The van der Waals surface area contributed by atoms with Crippen LogP contribution in [-0.2, 0) is 0 Å². The summed E-state index contributed by atoms with van der Waals surface area (Å²) in [6.07, 6.45) is 8.67. The average Bonchev–Trinajstić information content (AvgIpc) is 2.69. The predicted octanol–water partition coefficient (Wildman–Crippen LogP) is 1.48. The van der Waals surface area contributed by atoms with E-state index in [0.29, 0.717) is 19.6 Å². The summed E-state index contributed by atoms with van der Waals surface area (Å²) < 4.78 is 5.92. The molecule has 0 spiro atoms. The summed E-state index contributed by atoms with van der Waals surface area (Å²) in [4.78, 5) is 20.6. The van der Waals surface area contributed by atoms with E-state index in [9.17, 15) is 9.90 Å². The first-order valence-corrected chi connectivity index (χ1v) is 9.70. The maximum Gasteiger partial charge on any atom is 0.317 e. The lowest BCUT2D eigenvalue weighted by Gasteiger charge is -2.35. The Labute approximate surface area is 155 Å². The predicted molar refractivity (Wildman–Crippen MR) is 99.2 cm³/mol. The number of aliphatic hydroxyl groups is 1. The fourth-order valence-electron chi connectivity index (χ4n) is 3.77. The molecule has 2 amide bonds. The number of piperidine rings is 2. The molecule has 3 heterocycles. The molecule has 2 N–H and O–H groups in total. The molecule has 0 saturated carbocycles. The zero-order valence-corrected chi connectivity index (χ0v) is 15.3. The topological polar surface area (TPSA) is 77.9 Å². The fourth-order valence-corrected chi connectivity index (χ4v) is 3.77. The molecule has 1 unspecified atom stereocenters. The monoisotopic (exact) mass is 362 g/mol. The first-order valence-electron chi connectivity index (χ1n) is 9.70. The number of aliphatic hydroxyl groups excluding tert-OH is 1. The second-order valence-corrected chi connectivity index (χ2v) is 7.09. The van der Waals surface area contributed by atoms with Crippen LogP contribution in [0.5, 0.6) is 5.75 Å². The number of nitrogens with zero attached hydrogens (tertiary/aromatic N) is 3. The van der Waals surface area contributed by atoms with Crippen molar-refractivity contribution in [3.63, 3.8) is 0 Å². The quantitative estimate of drug-likeness (QED) is 0.802. The van der Waals surface area contributed by atoms with Crippen LogP contribution >= 0.6 is 0 Å². The van der Waals surface area contributed by atoms with Crippen molar-refractivity contribution in [2.45, 2.75) is 44.2 Å². The lowest BCUT2D eigenvalue weighted by Crippen LogP contribution is -2.49. The number of hydrogen-bond acceptors (Lipinski definition) is 5. The molecule has 7 nitrogen and oxygen atoms in total. The van der Waals surface area contributed by atoms with E-state index in [2.05, 4.69) is 15.2 Å². The van der Waals surface area contributed by atoms with Crippen LogP contribution in [0.1, 0.15) is 32.1 Å². The number of aromatic nitrogens is 1. The summed E-state index contributed by atoms with van der Waals surface area (Å²) in [5.74, 6) is 0.787. The van der Waals surface area contributed by atoms with Crippen LogP contribution in [0.2, 0.25) is 0 Å². The molecule has 1 aromatic heterocycles. The molecule has 144 valence electrons. The van der Waals surface area contributed by atoms with Gasteiger partial charge >= 0.3 is 6.03 Å². The average molecular weight is 362 g/mol. The van der Waals surface area contributed by atoms with E-state index in [0.717, 1.165) is 38.1 Å². The molecule has 2 saturated heterocycles. The van der Waals surface area contributed by atoms with Gasteiger partial charge in [0.25, 0.3) is 0 Å². The van der Waals surface area contributed by atoms with Crippen LogP contribution in [-0.4, -0.2) is 77.4 Å². The summed E-state index contributed by atoms with van der Waals surface area (Å²) in [5, 5.41) is 12.5. The van der Waals surface area contributed by atoms with Gasteiger partial charge in [-0.2, -0.15) is 0 Å². The van der Waals surface area contributed by atoms with Crippen LogP contribution in [0.25, 0.3) is 0 Å². The highest BCUT2D eigenvalue weighted by atomic mass is 16.5. The van der Waals surface area contributed by atoms with E-state index in [1.165, 1.54) is 12.8 Å². The zero-order chi connectivity index (χ0) is 18.2. The maximum absolute atomic E-state index is 12.4. The second-order valence-electron chi connectivity index (χ2n) is 7.09. The number of urea groups is 1. The molecule has 1 atom stereocenters. The molecule has 3 rings (SSSR count). The standard InChI is InChI=1S/C19H30N4O3/c24-15-16-4-1-2-10-22(16)13-9-21-19(25)23-11-6-17(7-12-23)26-18-5-3-8-20-14-18/h3,5,8,14,16-17,24H,1-2,4,6-7,9-13,15H2,(H,21,25). The van der Waals surface area contributed by atoms with Crippen molar-refractivity contribution in [2.75, 3.05) is 39.3 Å². The molecular formula is C19H30N4O3. The molecule has 0 radical (unpaired) electrons. The van der Waals surface area contributed by atoms with Crippen molar-refractivity contribution in [3.05, 3.63) is 24.5 Å². The van der Waals surface area contributed by atoms with Crippen molar-refractivity contribution in [1.29, 1.82) is 0 Å². The molecule has 2 aliphatic rings. The van der Waals surface area contributed by atoms with E-state index in [1.807, 2.05) is 17.0 Å². The van der Waals surface area contributed by atoms with E-state index in [-0.39, 0.29) is 24.8 Å². The maximum atomic E-state index is 12.4. The minimum atomic E-state index is 0.00221. The Morgan fingerprint density at radius 3 is 2.85 bits per heavy atom. The SMILES string of the molecule is O=C(NCCN1CCCCC1CO)N1CCC(Oc2cccnc2)CC1. The van der Waals surface area contributed by atoms with Gasteiger partial charge in [0.1, 0.15) is 11.9 Å². The minimum absolute atomic E-state index is 0.00221. The molecule has 0 aromatic carbocycles. The van der Waals surface area contributed by atoms with Crippen LogP contribution in [0.3, 0.4) is 0 Å². The highest BCUT2D eigenvalue weighted by Crippen LogP contribution is 2.18. The number of nitrogens with one attached hydrogen (secondary N) is 1. The largest absolute Gasteiger partial charge is 0.489 e. The summed E-state index contributed by atoms with van der Waals surface area (Å²) >= 11 is 0. The second kappa shape index (κ2) is 9.73. The number of pyridine rings is 1. The third-order valence-corrected chi connectivity index (χ3v) is 5.30. The Kier molecular flexibility index (Phi) is 7.08. The van der Waals surface area contributed by atoms with Gasteiger partial charge in [-0.15, -0.1) is 0 Å². The van der Waals surface area contributed by atoms with Gasteiger partial charge in [-0.3, -0.25) is 9.88 Å². The number of hydrogen-bond donors (Lipinski definition) is 2. The third-order valence-electron chi connectivity index (χ3n) is 5.30. The van der Waals surface area contributed by atoms with Crippen molar-refractivity contribution in [1.82, 2.24) is 20.1 Å². The Morgan fingerprint density at radius 2 is 2.12 bits per heavy atom. The lowest BCUT2D eigenvalue weighted by atomic mass is 10.0. The van der Waals surface area contributed by atoms with Gasteiger partial charge in [-0.05, 0) is 31.5 Å². The summed E-state index contributed by atoms with van der Waals surface area (Å²) in [6.45, 7) is 4.06. The van der Waals surface area contributed by atoms with Crippen LogP contribution in [0.15, 0.2) is 24.5 Å². The van der Waals surface area contributed by atoms with E-state index < -0.39 is 0 Å². The van der Waals surface area contributed by atoms with Crippen molar-refractivity contribution >= 4 is 6.03 Å². The number of carbonyl (C=O) groups excluding carboxylic acids is 1. The first kappa shape index (κ1) is 18.9. The smallest absolute Gasteiger partial charge is 0.317 e. The third kappa shape index (κ3) is 5.32. The molecule has 1 aromatic rings. The van der Waals surface area contributed by atoms with E-state index >= 15 is 0 Å². The molecule has 2 fully saturated rings. The van der Waals surface area contributed by atoms with Gasteiger partial charge in [0.05, 0.1) is 12.8 Å². The Bertz CT molecular complexity index is 549. The zero-order valence-electron chi connectivity index (χ0n) is 15.3. The van der Waals surface area contributed by atoms with Gasteiger partial charge in [-0.1, -0.05) is 6.42 Å². The molecule has 2 aliphatic heterocycles. The Morgan fingerprint density at radius 1 is 1.27 bits per heavy atom. The molecular weight excluding hydrogens is 332 g/mol. The summed E-state index contributed by atoms with van der Waals surface area (Å²) in [5.41, 5.74) is 0. The van der Waals surface area contributed by atoms with Gasteiger partial charge in [0, 0.05) is 51.3 Å². The van der Waals surface area contributed by atoms with Gasteiger partial charge in [-0.25, -0.2) is 4.79 Å². The number of rotatable bonds is 6. The highest BCUT2D eigenvalue weighted by molar-refractivity contribution is 5.74. The van der Waals surface area contributed by atoms with Gasteiger partial charge in [0.15, 0.2) is 0 Å². The number of amides is 2. The number of likely N-dealkylation sites (tertiary alicyclic amines) is 2. The molecule has 7 heteroatoms. The van der Waals surface area contributed by atoms with Crippen molar-refractivity contribution in [3.8, 4) is 5.75 Å². The Hall–Kier alpha value is -1.86. The lowest BCUT2D eigenvalue weighted by molar-refractivity contribution is 0.0893. The molecule has 0 aliphatic carbocycles. The van der Waals surface area contributed by atoms with Crippen LogP contribution < -0.4 is 10.1 Å². The minimum Gasteiger partial charge on any atom is -0.489 e. The highest BCUT2D eigenvalue weighted by Gasteiger charge is 2.25. The van der Waals surface area contributed by atoms with Crippen molar-refractivity contribution in [2.24, 2.45) is 0 Å². The fraction of sp³-hybridized carbons (Fsp3) is 0.684. The van der Waals surface area contributed by atoms with Crippen molar-refractivity contribution < 1.29 is 14.6 Å². The van der Waals surface area contributed by atoms with Gasteiger partial charge < -0.3 is 20.1 Å². The first-order chi connectivity index (χ1) is 12.8. The summed E-state index contributed by atoms with van der Waals surface area (Å²) in [6, 6.07) is 4.02. The number of ether oxygens (including phenoxy) is 1. The Balaban J connectivity index is 1.34. The molecule has 26 heavy (non-hydrogen) atoms. The van der Waals surface area contributed by atoms with E-state index in [1.54, 1.807) is 12.4 Å². The summed E-state index contributed by atoms with van der Waals surface area (Å²) in [7, 11) is 0. The van der Waals surface area contributed by atoms with Crippen LogP contribution in [0, 0.1) is 0 Å². The van der Waals surface area contributed by atoms with Gasteiger partial charge in [0.2, 0.25) is 0 Å².